The number of benzene rings is 2. The zero-order valence-corrected chi connectivity index (χ0v) is 16.7. The normalized spacial score (nSPS) is 15.7. The van der Waals surface area contributed by atoms with E-state index < -0.39 is 54.5 Å². The number of amides is 4. The molecule has 0 radical (unpaired) electrons. The van der Waals surface area contributed by atoms with Crippen LogP contribution in [0.4, 0.5) is 16.2 Å². The average Bonchev–Trinajstić information content (AvgIpc) is 2.79. The Bertz CT molecular complexity index is 939. The lowest BCUT2D eigenvalue weighted by Gasteiger charge is -2.43. The predicted octanol–water partition coefficient (Wildman–Crippen LogP) is 1.69. The van der Waals surface area contributed by atoms with Gasteiger partial charge in [0.25, 0.3) is 11.8 Å². The summed E-state index contributed by atoms with van der Waals surface area (Å²) >= 11 is 0. The highest BCUT2D eigenvalue weighted by Crippen LogP contribution is 2.40. The Morgan fingerprint density at radius 2 is 1.29 bits per heavy atom. The first-order chi connectivity index (χ1) is 14.9. The number of imide groups is 2. The SMILES string of the molecule is COC(=O)CC1(CC(=O)CO)C(=O)N(c2ccccc2)C(=O)N(c2ccccc2)C1=O. The van der Waals surface area contributed by atoms with Gasteiger partial charge in [-0.05, 0) is 24.3 Å². The van der Waals surface area contributed by atoms with E-state index in [2.05, 4.69) is 4.74 Å². The lowest BCUT2D eigenvalue weighted by Crippen LogP contribution is -2.67. The number of methoxy groups -OCH3 is 1. The van der Waals surface area contributed by atoms with E-state index in [9.17, 15) is 29.1 Å². The Hall–Kier alpha value is -3.85. The van der Waals surface area contributed by atoms with Crippen molar-refractivity contribution in [3.05, 3.63) is 60.7 Å². The number of urea groups is 1. The van der Waals surface area contributed by atoms with Gasteiger partial charge in [0, 0.05) is 6.42 Å². The van der Waals surface area contributed by atoms with E-state index in [0.717, 1.165) is 16.9 Å². The van der Waals surface area contributed by atoms with Gasteiger partial charge in [-0.1, -0.05) is 36.4 Å². The summed E-state index contributed by atoms with van der Waals surface area (Å²) in [5.41, 5.74) is -1.93. The number of hydrogen-bond acceptors (Lipinski definition) is 7. The molecule has 1 saturated heterocycles. The second-order valence-corrected chi connectivity index (χ2v) is 6.94. The number of para-hydroxylation sites is 2. The summed E-state index contributed by atoms with van der Waals surface area (Å²) in [7, 11) is 1.08. The van der Waals surface area contributed by atoms with Crippen LogP contribution in [0.1, 0.15) is 12.8 Å². The third-order valence-corrected chi connectivity index (χ3v) is 4.99. The third-order valence-electron chi connectivity index (χ3n) is 4.99. The zero-order chi connectivity index (χ0) is 22.6. The van der Waals surface area contributed by atoms with Crippen LogP contribution in [-0.2, 0) is 23.9 Å². The molecular formula is C22H20N2O7. The summed E-state index contributed by atoms with van der Waals surface area (Å²) in [4.78, 5) is 66.3. The van der Waals surface area contributed by atoms with Crippen molar-refractivity contribution in [3.63, 3.8) is 0 Å². The minimum atomic E-state index is -2.26. The summed E-state index contributed by atoms with van der Waals surface area (Å²) in [6.45, 7) is -0.936. The molecule has 0 atom stereocenters. The Balaban J connectivity index is 2.24. The second-order valence-electron chi connectivity index (χ2n) is 6.94. The Morgan fingerprint density at radius 3 is 1.68 bits per heavy atom. The minimum Gasteiger partial charge on any atom is -0.469 e. The molecule has 9 nitrogen and oxygen atoms in total. The van der Waals surface area contributed by atoms with Crippen molar-refractivity contribution in [3.8, 4) is 0 Å². The summed E-state index contributed by atoms with van der Waals surface area (Å²) < 4.78 is 4.66. The molecule has 9 heteroatoms. The lowest BCUT2D eigenvalue weighted by molar-refractivity contribution is -0.155. The number of ketones is 1. The van der Waals surface area contributed by atoms with Crippen LogP contribution in [0.2, 0.25) is 0 Å². The van der Waals surface area contributed by atoms with E-state index in [-0.39, 0.29) is 11.4 Å². The van der Waals surface area contributed by atoms with Crippen LogP contribution < -0.4 is 9.80 Å². The van der Waals surface area contributed by atoms with Gasteiger partial charge in [-0.15, -0.1) is 0 Å². The molecule has 2 aromatic rings. The van der Waals surface area contributed by atoms with E-state index in [0.29, 0.717) is 0 Å². The molecule has 1 aliphatic heterocycles. The van der Waals surface area contributed by atoms with Gasteiger partial charge < -0.3 is 9.84 Å². The monoisotopic (exact) mass is 424 g/mol. The first-order valence-electron chi connectivity index (χ1n) is 9.38. The van der Waals surface area contributed by atoms with Gasteiger partial charge in [-0.25, -0.2) is 14.6 Å². The van der Waals surface area contributed by atoms with Crippen LogP contribution in [0.5, 0.6) is 0 Å². The summed E-state index contributed by atoms with van der Waals surface area (Å²) in [6, 6.07) is 14.8. The number of Topliss-reactive ketones (excluding diaryl/α,β-unsaturated/α-hetero) is 1. The van der Waals surface area contributed by atoms with Gasteiger partial charge in [0.05, 0.1) is 24.9 Å². The van der Waals surface area contributed by atoms with Gasteiger partial charge >= 0.3 is 12.0 Å². The van der Waals surface area contributed by atoms with E-state index in [1.165, 1.54) is 24.3 Å². The average molecular weight is 424 g/mol. The minimum absolute atomic E-state index is 0.164. The maximum absolute atomic E-state index is 13.6. The molecular weight excluding hydrogens is 404 g/mol. The van der Waals surface area contributed by atoms with Crippen molar-refractivity contribution in [1.82, 2.24) is 0 Å². The van der Waals surface area contributed by atoms with E-state index in [1.807, 2.05) is 0 Å². The van der Waals surface area contributed by atoms with Crippen molar-refractivity contribution in [2.75, 3.05) is 23.5 Å². The summed E-state index contributed by atoms with van der Waals surface area (Å²) in [5.74, 6) is -3.81. The fourth-order valence-corrected chi connectivity index (χ4v) is 3.48. The number of hydrogen-bond donors (Lipinski definition) is 1. The van der Waals surface area contributed by atoms with Crippen molar-refractivity contribution < 1.29 is 33.8 Å². The fraction of sp³-hybridized carbons (Fsp3) is 0.227. The highest BCUT2D eigenvalue weighted by molar-refractivity contribution is 6.39. The summed E-state index contributed by atoms with van der Waals surface area (Å²) in [5, 5.41) is 9.28. The van der Waals surface area contributed by atoms with E-state index in [1.54, 1.807) is 36.4 Å². The van der Waals surface area contributed by atoms with Crippen molar-refractivity contribution >= 4 is 41.0 Å². The molecule has 1 fully saturated rings. The van der Waals surface area contributed by atoms with Crippen LogP contribution in [0.15, 0.2) is 60.7 Å². The van der Waals surface area contributed by atoms with Gasteiger partial charge in [0.1, 0.15) is 12.0 Å². The number of anilines is 2. The van der Waals surface area contributed by atoms with Gasteiger partial charge in [0.15, 0.2) is 5.78 Å². The molecule has 1 N–H and O–H groups in total. The van der Waals surface area contributed by atoms with Crippen LogP contribution in [0.25, 0.3) is 0 Å². The molecule has 0 bridgehead atoms. The van der Waals surface area contributed by atoms with Crippen LogP contribution in [-0.4, -0.2) is 48.4 Å². The van der Waals surface area contributed by atoms with Crippen LogP contribution in [0.3, 0.4) is 0 Å². The van der Waals surface area contributed by atoms with Gasteiger partial charge in [0.2, 0.25) is 0 Å². The molecule has 0 saturated carbocycles. The number of rotatable bonds is 7. The number of esters is 1. The number of carbonyl (C=O) groups is 5. The quantitative estimate of drug-likeness (QED) is 0.530. The second kappa shape index (κ2) is 8.88. The van der Waals surface area contributed by atoms with Crippen LogP contribution in [0, 0.1) is 5.41 Å². The standard InChI is InChI=1S/C22H20N2O7/c1-31-18(27)13-22(12-17(26)14-25)19(28)23(15-8-4-2-5-9-15)21(30)24(20(22)29)16-10-6-3-7-11-16/h2-11,25H,12-14H2,1H3. The number of nitrogens with zero attached hydrogens (tertiary/aromatic N) is 2. The molecule has 160 valence electrons. The fourth-order valence-electron chi connectivity index (χ4n) is 3.48. The van der Waals surface area contributed by atoms with Crippen LogP contribution >= 0.6 is 0 Å². The molecule has 1 aliphatic rings. The van der Waals surface area contributed by atoms with Crippen molar-refractivity contribution in [2.24, 2.45) is 5.41 Å². The highest BCUT2D eigenvalue weighted by Gasteiger charge is 2.60. The van der Waals surface area contributed by atoms with E-state index in [4.69, 9.17) is 0 Å². The first kappa shape index (κ1) is 21.8. The molecule has 31 heavy (non-hydrogen) atoms. The molecule has 4 amide bonds. The molecule has 1 heterocycles. The lowest BCUT2D eigenvalue weighted by atomic mass is 9.75. The molecule has 0 aliphatic carbocycles. The smallest absolute Gasteiger partial charge is 0.342 e. The molecule has 3 rings (SSSR count). The topological polar surface area (TPSA) is 121 Å². The summed E-state index contributed by atoms with van der Waals surface area (Å²) in [6.07, 6.45) is -1.54. The largest absolute Gasteiger partial charge is 0.469 e. The number of barbiturate groups is 1. The number of aliphatic hydroxyl groups excluding tert-OH is 1. The first-order valence-corrected chi connectivity index (χ1v) is 9.38. The zero-order valence-electron chi connectivity index (χ0n) is 16.7. The van der Waals surface area contributed by atoms with E-state index >= 15 is 0 Å². The van der Waals surface area contributed by atoms with Gasteiger partial charge in [-0.2, -0.15) is 0 Å². The van der Waals surface area contributed by atoms with Crippen molar-refractivity contribution in [2.45, 2.75) is 12.8 Å². The number of aliphatic hydroxyl groups is 1. The Morgan fingerprint density at radius 1 is 0.839 bits per heavy atom. The predicted molar refractivity (Wildman–Crippen MR) is 109 cm³/mol. The maximum Gasteiger partial charge on any atom is 0.342 e. The highest BCUT2D eigenvalue weighted by atomic mass is 16.5. The maximum atomic E-state index is 13.6. The van der Waals surface area contributed by atoms with Gasteiger partial charge in [-0.3, -0.25) is 19.2 Å². The third kappa shape index (κ3) is 3.95. The molecule has 0 unspecified atom stereocenters. The van der Waals surface area contributed by atoms with Crippen molar-refractivity contribution in [1.29, 1.82) is 0 Å². The molecule has 2 aromatic carbocycles. The number of ether oxygens (including phenoxy) is 1. The molecule has 0 aromatic heterocycles. The Kier molecular flexibility index (Phi) is 6.26. The number of carbonyl (C=O) groups excluding carboxylic acids is 5. The molecule has 0 spiro atoms. The Labute approximate surface area is 177 Å².